The van der Waals surface area contributed by atoms with Crippen molar-refractivity contribution in [3.63, 3.8) is 0 Å². The summed E-state index contributed by atoms with van der Waals surface area (Å²) in [6.45, 7) is 3.80. The monoisotopic (exact) mass is 302 g/mol. The van der Waals surface area contributed by atoms with Gasteiger partial charge < -0.3 is 9.72 Å². The zero-order valence-corrected chi connectivity index (χ0v) is 12.7. The van der Waals surface area contributed by atoms with Gasteiger partial charge in [0.05, 0.1) is 11.4 Å². The maximum Gasteiger partial charge on any atom is 0.270 e. The van der Waals surface area contributed by atoms with Crippen LogP contribution in [0.2, 0.25) is 0 Å². The maximum atomic E-state index is 11.7. The average molecular weight is 302 g/mol. The van der Waals surface area contributed by atoms with Gasteiger partial charge in [0.2, 0.25) is 0 Å². The van der Waals surface area contributed by atoms with E-state index in [1.165, 1.54) is 0 Å². The molecule has 0 aliphatic heterocycles. The molecule has 2 rings (SSSR count). The highest BCUT2D eigenvalue weighted by atomic mass is 32.1. The Balaban J connectivity index is 2.57. The van der Waals surface area contributed by atoms with Crippen LogP contribution >= 0.6 is 12.2 Å². The van der Waals surface area contributed by atoms with Gasteiger partial charge in [-0.05, 0) is 38.2 Å². The molecule has 21 heavy (non-hydrogen) atoms. The number of aromatic nitrogens is 3. The van der Waals surface area contributed by atoms with Crippen molar-refractivity contribution in [2.75, 3.05) is 7.11 Å². The van der Waals surface area contributed by atoms with Crippen LogP contribution in [-0.4, -0.2) is 22.1 Å². The summed E-state index contributed by atoms with van der Waals surface area (Å²) >= 11 is 4.94. The number of hydrogen-bond donors (Lipinski definition) is 2. The Morgan fingerprint density at radius 2 is 2.10 bits per heavy atom. The minimum Gasteiger partial charge on any atom is -0.373 e. The molecule has 0 radical (unpaired) electrons. The highest BCUT2D eigenvalue weighted by Gasteiger charge is 2.21. The summed E-state index contributed by atoms with van der Waals surface area (Å²) in [6.07, 6.45) is 1.58. The zero-order valence-electron chi connectivity index (χ0n) is 11.9. The first kappa shape index (κ1) is 15.1. The van der Waals surface area contributed by atoms with E-state index < -0.39 is 11.2 Å². The van der Waals surface area contributed by atoms with Gasteiger partial charge >= 0.3 is 0 Å². The number of nitrogens with zero attached hydrogens (tertiary/aromatic N) is 2. The van der Waals surface area contributed by atoms with E-state index in [-0.39, 0.29) is 10.3 Å². The molecule has 0 atom stereocenters. The van der Waals surface area contributed by atoms with E-state index in [1.807, 2.05) is 19.9 Å². The summed E-state index contributed by atoms with van der Waals surface area (Å²) in [5.41, 5.74) is 0.662. The number of H-pyrrole nitrogens is 2. The second kappa shape index (κ2) is 5.60. The Morgan fingerprint density at radius 3 is 2.62 bits per heavy atom. The lowest BCUT2D eigenvalue weighted by Gasteiger charge is -2.22. The highest BCUT2D eigenvalue weighted by Crippen LogP contribution is 2.24. The standard InChI is InChI=1S/C14H14N4O2S/c1-14(2,20-3)10-5-4-8(7-16-10)11-9(6-15)12(19)18-13(21)17-11/h4-5,7H,1-3H3,(H2,17,18,19,21). The molecule has 0 amide bonds. The molecule has 2 aromatic rings. The predicted octanol–water partition coefficient (Wildman–Crippen LogP) is 2.25. The van der Waals surface area contributed by atoms with Crippen LogP contribution in [0.1, 0.15) is 25.1 Å². The van der Waals surface area contributed by atoms with Gasteiger partial charge in [-0.2, -0.15) is 5.26 Å². The van der Waals surface area contributed by atoms with Gasteiger partial charge in [-0.25, -0.2) is 0 Å². The molecule has 7 heteroatoms. The first-order valence-electron chi connectivity index (χ1n) is 6.18. The third-order valence-electron chi connectivity index (χ3n) is 3.23. The van der Waals surface area contributed by atoms with Crippen molar-refractivity contribution in [1.82, 2.24) is 15.0 Å². The van der Waals surface area contributed by atoms with Crippen molar-refractivity contribution in [1.29, 1.82) is 5.26 Å². The Morgan fingerprint density at radius 1 is 1.38 bits per heavy atom. The largest absolute Gasteiger partial charge is 0.373 e. The summed E-state index contributed by atoms with van der Waals surface area (Å²) in [6, 6.07) is 5.43. The molecule has 0 fully saturated rings. The van der Waals surface area contributed by atoms with Crippen LogP contribution in [0.4, 0.5) is 0 Å². The second-order valence-electron chi connectivity index (χ2n) is 4.92. The number of nitrogens with one attached hydrogen (secondary N) is 2. The van der Waals surface area contributed by atoms with E-state index in [0.717, 1.165) is 5.69 Å². The Hall–Kier alpha value is -2.30. The molecular weight excluding hydrogens is 288 g/mol. The van der Waals surface area contributed by atoms with Gasteiger partial charge in [-0.3, -0.25) is 14.8 Å². The Bertz CT molecular complexity index is 813. The number of ether oxygens (including phenoxy) is 1. The molecule has 0 aliphatic rings. The van der Waals surface area contributed by atoms with Crippen molar-refractivity contribution in [3.8, 4) is 17.3 Å². The zero-order chi connectivity index (χ0) is 15.6. The van der Waals surface area contributed by atoms with Crippen LogP contribution in [0.5, 0.6) is 0 Å². The molecule has 0 unspecified atom stereocenters. The van der Waals surface area contributed by atoms with E-state index >= 15 is 0 Å². The van der Waals surface area contributed by atoms with Crippen LogP contribution < -0.4 is 5.56 Å². The van der Waals surface area contributed by atoms with Gasteiger partial charge in [0, 0.05) is 18.9 Å². The van der Waals surface area contributed by atoms with E-state index in [0.29, 0.717) is 11.3 Å². The molecule has 6 nitrogen and oxygen atoms in total. The van der Waals surface area contributed by atoms with Crippen molar-refractivity contribution in [2.45, 2.75) is 19.4 Å². The van der Waals surface area contributed by atoms with E-state index in [4.69, 9.17) is 22.2 Å². The second-order valence-corrected chi connectivity index (χ2v) is 5.32. The van der Waals surface area contributed by atoms with Gasteiger partial charge in [0.15, 0.2) is 4.77 Å². The topological polar surface area (TPSA) is 94.6 Å². The third kappa shape index (κ3) is 2.91. The van der Waals surface area contributed by atoms with Crippen LogP contribution in [0.3, 0.4) is 0 Å². The number of rotatable bonds is 3. The van der Waals surface area contributed by atoms with E-state index in [1.54, 1.807) is 25.4 Å². The first-order chi connectivity index (χ1) is 9.89. The van der Waals surface area contributed by atoms with E-state index in [9.17, 15) is 4.79 Å². The number of pyridine rings is 1. The molecule has 0 aromatic carbocycles. The molecule has 0 spiro atoms. The highest BCUT2D eigenvalue weighted by molar-refractivity contribution is 7.71. The Labute approximate surface area is 126 Å². The van der Waals surface area contributed by atoms with Crippen LogP contribution in [0.25, 0.3) is 11.3 Å². The summed E-state index contributed by atoms with van der Waals surface area (Å²) in [5.74, 6) is 0. The fourth-order valence-corrected chi connectivity index (χ4v) is 2.01. The molecule has 0 saturated carbocycles. The van der Waals surface area contributed by atoms with Gasteiger partial charge in [0.25, 0.3) is 5.56 Å². The molecule has 0 bridgehead atoms. The molecular formula is C14H14N4O2S. The minimum absolute atomic E-state index is 0.0239. The predicted molar refractivity (Wildman–Crippen MR) is 80.2 cm³/mol. The molecule has 2 heterocycles. The molecule has 2 N–H and O–H groups in total. The summed E-state index contributed by atoms with van der Waals surface area (Å²) in [4.78, 5) is 21.3. The molecule has 108 valence electrons. The van der Waals surface area contributed by atoms with Crippen LogP contribution in [0.15, 0.2) is 23.1 Å². The van der Waals surface area contributed by atoms with Crippen molar-refractivity contribution < 1.29 is 4.74 Å². The minimum atomic E-state index is -0.516. The van der Waals surface area contributed by atoms with Crippen molar-refractivity contribution in [2.24, 2.45) is 0 Å². The average Bonchev–Trinajstić information content (AvgIpc) is 2.46. The molecule has 2 aromatic heterocycles. The smallest absolute Gasteiger partial charge is 0.270 e. The fourth-order valence-electron chi connectivity index (χ4n) is 1.81. The lowest BCUT2D eigenvalue weighted by atomic mass is 10.0. The van der Waals surface area contributed by atoms with Crippen molar-refractivity contribution >= 4 is 12.2 Å². The van der Waals surface area contributed by atoms with Gasteiger partial charge in [-0.15, -0.1) is 0 Å². The SMILES string of the molecule is COC(C)(C)c1ccc(-c2[nH]c(=S)[nH]c(=O)c2C#N)cn1. The number of nitriles is 1. The van der Waals surface area contributed by atoms with Gasteiger partial charge in [-0.1, -0.05) is 0 Å². The van der Waals surface area contributed by atoms with Crippen LogP contribution in [-0.2, 0) is 10.3 Å². The summed E-state index contributed by atoms with van der Waals surface area (Å²) in [7, 11) is 1.61. The third-order valence-corrected chi connectivity index (χ3v) is 3.44. The number of methoxy groups -OCH3 is 1. The van der Waals surface area contributed by atoms with Crippen LogP contribution in [0, 0.1) is 16.1 Å². The normalized spacial score (nSPS) is 11.1. The number of hydrogen-bond acceptors (Lipinski definition) is 5. The van der Waals surface area contributed by atoms with E-state index in [2.05, 4.69) is 15.0 Å². The summed E-state index contributed by atoms with van der Waals surface area (Å²) in [5, 5.41) is 9.11. The fraction of sp³-hybridized carbons (Fsp3) is 0.286. The lowest BCUT2D eigenvalue weighted by Crippen LogP contribution is -2.21. The molecule has 0 saturated heterocycles. The van der Waals surface area contributed by atoms with Crippen molar-refractivity contribution in [3.05, 3.63) is 44.7 Å². The maximum absolute atomic E-state index is 11.7. The molecule has 0 aliphatic carbocycles. The summed E-state index contributed by atoms with van der Waals surface area (Å²) < 4.78 is 5.52. The quantitative estimate of drug-likeness (QED) is 0.848. The number of aromatic amines is 2. The lowest BCUT2D eigenvalue weighted by molar-refractivity contribution is 0.0155. The Kier molecular flexibility index (Phi) is 4.02. The first-order valence-corrected chi connectivity index (χ1v) is 6.58. The van der Waals surface area contributed by atoms with Gasteiger partial charge in [0.1, 0.15) is 17.2 Å².